The van der Waals surface area contributed by atoms with Gasteiger partial charge >= 0.3 is 0 Å². The lowest BCUT2D eigenvalue weighted by Crippen LogP contribution is -2.37. The van der Waals surface area contributed by atoms with E-state index in [1.807, 2.05) is 6.92 Å². The number of aliphatic imine (C=N–C) groups is 1. The number of carbonyl (C=O) groups excluding carboxylic acids is 1. The highest BCUT2D eigenvalue weighted by Crippen LogP contribution is 2.40. The van der Waals surface area contributed by atoms with E-state index in [2.05, 4.69) is 60.4 Å². The summed E-state index contributed by atoms with van der Waals surface area (Å²) in [5.41, 5.74) is 7.84. The van der Waals surface area contributed by atoms with Crippen LogP contribution in [0.3, 0.4) is 0 Å². The van der Waals surface area contributed by atoms with Gasteiger partial charge in [-0.15, -0.1) is 0 Å². The summed E-state index contributed by atoms with van der Waals surface area (Å²) in [6, 6.07) is 0. The van der Waals surface area contributed by atoms with E-state index in [0.717, 1.165) is 0 Å². The second kappa shape index (κ2) is 6.98. The van der Waals surface area contributed by atoms with Crippen molar-refractivity contribution >= 4 is 12.0 Å². The lowest BCUT2D eigenvalue weighted by molar-refractivity contribution is -0.125. The molecule has 0 aliphatic rings. The molecule has 0 spiro atoms. The van der Waals surface area contributed by atoms with Crippen LogP contribution in [0.25, 0.3) is 0 Å². The van der Waals surface area contributed by atoms with E-state index >= 15 is 0 Å². The zero-order chi connectivity index (χ0) is 18.1. The van der Waals surface area contributed by atoms with Gasteiger partial charge in [0, 0.05) is 19.2 Å². The number of hydrogen-bond acceptors (Lipinski definition) is 2. The van der Waals surface area contributed by atoms with E-state index in [0.29, 0.717) is 0 Å². The Labute approximate surface area is 142 Å². The van der Waals surface area contributed by atoms with Crippen molar-refractivity contribution in [2.24, 2.45) is 16.8 Å². The maximum atomic E-state index is 12.8. The van der Waals surface area contributed by atoms with Crippen molar-refractivity contribution in [3.8, 4) is 0 Å². The Morgan fingerprint density at radius 1 is 0.913 bits per heavy atom. The molecule has 23 heavy (non-hydrogen) atoms. The number of rotatable bonds is 5. The minimum atomic E-state index is -0.204. The normalized spacial score (nSPS) is 15.0. The molecule has 1 aromatic rings. The molecule has 0 radical (unpaired) electrons. The first-order valence-corrected chi connectivity index (χ1v) is 8.51. The molecular weight excluding hydrogens is 282 g/mol. The Bertz CT molecular complexity index is 609. The van der Waals surface area contributed by atoms with Crippen LogP contribution in [0.2, 0.25) is 0 Å². The lowest BCUT2D eigenvalue weighted by Gasteiger charge is -2.37. The first kappa shape index (κ1) is 19.6. The first-order valence-electron chi connectivity index (χ1n) is 8.51. The van der Waals surface area contributed by atoms with E-state index in [-0.39, 0.29) is 23.0 Å². The lowest BCUT2D eigenvalue weighted by atomic mass is 9.66. The second-order valence-corrected chi connectivity index (χ2v) is 7.54. The number of benzene rings is 1. The summed E-state index contributed by atoms with van der Waals surface area (Å²) >= 11 is 0. The zero-order valence-electron chi connectivity index (χ0n) is 16.6. The van der Waals surface area contributed by atoms with Gasteiger partial charge in [0.15, 0.2) is 0 Å². The Balaban J connectivity index is 3.47. The third kappa shape index (κ3) is 3.41. The molecule has 2 nitrogen and oxygen atoms in total. The molecule has 0 aromatic heterocycles. The zero-order valence-corrected chi connectivity index (χ0v) is 16.6. The van der Waals surface area contributed by atoms with Crippen molar-refractivity contribution in [1.29, 1.82) is 0 Å². The van der Waals surface area contributed by atoms with Crippen LogP contribution in [-0.2, 0) is 10.2 Å². The third-order valence-electron chi connectivity index (χ3n) is 5.98. The number of Topliss-reactive ketones (excluding diaryl/α,β-unsaturated/α-hetero) is 1. The summed E-state index contributed by atoms with van der Waals surface area (Å²) < 4.78 is 0. The van der Waals surface area contributed by atoms with Crippen LogP contribution in [0.5, 0.6) is 0 Å². The second-order valence-electron chi connectivity index (χ2n) is 7.54. The SMILES string of the molecule is CN=CC(C)C(=O)C(C)C(C)(C)c1c(C)c(C)c(C)c(C)c1C. The molecule has 128 valence electrons. The standard InChI is InChI=1S/C21H33NO/c1-12(11-22-10)20(23)18(7)21(8,9)19-16(5)14(3)13(2)15(4)17(19)6/h11-12,18H,1-10H3. The smallest absolute Gasteiger partial charge is 0.144 e. The van der Waals surface area contributed by atoms with Gasteiger partial charge in [-0.2, -0.15) is 0 Å². The summed E-state index contributed by atoms with van der Waals surface area (Å²) in [5, 5.41) is 0. The van der Waals surface area contributed by atoms with Crippen LogP contribution >= 0.6 is 0 Å². The van der Waals surface area contributed by atoms with Gasteiger partial charge in [0.1, 0.15) is 5.78 Å². The molecule has 2 atom stereocenters. The molecule has 2 unspecified atom stereocenters. The van der Waals surface area contributed by atoms with Gasteiger partial charge < -0.3 is 4.99 Å². The molecule has 1 rings (SSSR count). The molecule has 0 saturated heterocycles. The minimum Gasteiger partial charge on any atom is -0.300 e. The van der Waals surface area contributed by atoms with Gasteiger partial charge in [-0.25, -0.2) is 0 Å². The van der Waals surface area contributed by atoms with E-state index in [1.54, 1.807) is 13.3 Å². The quantitative estimate of drug-likeness (QED) is 0.699. The molecule has 0 fully saturated rings. The van der Waals surface area contributed by atoms with Crippen LogP contribution in [0, 0.1) is 46.5 Å². The van der Waals surface area contributed by atoms with Gasteiger partial charge in [-0.05, 0) is 73.4 Å². The molecule has 0 heterocycles. The highest BCUT2D eigenvalue weighted by Gasteiger charge is 2.37. The maximum absolute atomic E-state index is 12.8. The molecule has 0 aliphatic heterocycles. The summed E-state index contributed by atoms with van der Waals surface area (Å²) in [6.45, 7) is 19.4. The third-order valence-corrected chi connectivity index (χ3v) is 5.98. The minimum absolute atomic E-state index is 0.0607. The van der Waals surface area contributed by atoms with Crippen LogP contribution in [-0.4, -0.2) is 19.0 Å². The van der Waals surface area contributed by atoms with Crippen LogP contribution in [0.1, 0.15) is 61.1 Å². The number of ketones is 1. The average molecular weight is 316 g/mol. The van der Waals surface area contributed by atoms with Gasteiger partial charge in [0.2, 0.25) is 0 Å². The van der Waals surface area contributed by atoms with Crippen molar-refractivity contribution in [3.05, 3.63) is 33.4 Å². The Hall–Kier alpha value is -1.44. The van der Waals surface area contributed by atoms with E-state index in [1.165, 1.54) is 33.4 Å². The van der Waals surface area contributed by atoms with Crippen LogP contribution in [0.15, 0.2) is 4.99 Å². The van der Waals surface area contributed by atoms with E-state index < -0.39 is 0 Å². The maximum Gasteiger partial charge on any atom is 0.144 e. The summed E-state index contributed by atoms with van der Waals surface area (Å²) in [7, 11) is 1.72. The first-order chi connectivity index (χ1) is 10.5. The van der Waals surface area contributed by atoms with E-state index in [4.69, 9.17) is 0 Å². The van der Waals surface area contributed by atoms with Crippen LogP contribution in [0.4, 0.5) is 0 Å². The monoisotopic (exact) mass is 315 g/mol. The number of hydrogen-bond donors (Lipinski definition) is 0. The van der Waals surface area contributed by atoms with Crippen molar-refractivity contribution in [2.75, 3.05) is 7.05 Å². The van der Waals surface area contributed by atoms with Gasteiger partial charge in [-0.3, -0.25) is 4.79 Å². The van der Waals surface area contributed by atoms with Crippen molar-refractivity contribution < 1.29 is 4.79 Å². The molecule has 1 aromatic carbocycles. The Morgan fingerprint density at radius 2 is 1.30 bits per heavy atom. The summed E-state index contributed by atoms with van der Waals surface area (Å²) in [6.07, 6.45) is 1.75. The molecule has 0 saturated carbocycles. The number of nitrogens with zero attached hydrogens (tertiary/aromatic N) is 1. The van der Waals surface area contributed by atoms with E-state index in [9.17, 15) is 4.79 Å². The molecule has 0 bridgehead atoms. The summed E-state index contributed by atoms with van der Waals surface area (Å²) in [4.78, 5) is 16.8. The highest BCUT2D eigenvalue weighted by atomic mass is 16.1. The fourth-order valence-electron chi connectivity index (χ4n) is 3.73. The van der Waals surface area contributed by atoms with Crippen molar-refractivity contribution in [1.82, 2.24) is 0 Å². The van der Waals surface area contributed by atoms with Crippen molar-refractivity contribution in [2.45, 2.75) is 67.7 Å². The van der Waals surface area contributed by atoms with Gasteiger partial charge in [0.25, 0.3) is 0 Å². The van der Waals surface area contributed by atoms with Gasteiger partial charge in [0.05, 0.1) is 5.92 Å². The predicted octanol–water partition coefficient (Wildman–Crippen LogP) is 5.05. The molecule has 0 N–H and O–H groups in total. The largest absolute Gasteiger partial charge is 0.300 e. The van der Waals surface area contributed by atoms with Crippen LogP contribution < -0.4 is 0 Å². The van der Waals surface area contributed by atoms with Gasteiger partial charge in [-0.1, -0.05) is 27.7 Å². The Morgan fingerprint density at radius 3 is 1.70 bits per heavy atom. The molecular formula is C21H33NO. The molecule has 2 heteroatoms. The average Bonchev–Trinajstić information content (AvgIpc) is 2.49. The number of carbonyl (C=O) groups is 1. The fourth-order valence-corrected chi connectivity index (χ4v) is 3.73. The fraction of sp³-hybridized carbons (Fsp3) is 0.619. The highest BCUT2D eigenvalue weighted by molar-refractivity contribution is 5.96. The Kier molecular flexibility index (Phi) is 5.95. The summed E-state index contributed by atoms with van der Waals surface area (Å²) in [5.74, 6) is 0.0622. The molecule has 0 amide bonds. The van der Waals surface area contributed by atoms with Crippen molar-refractivity contribution in [3.63, 3.8) is 0 Å². The topological polar surface area (TPSA) is 29.4 Å². The molecule has 0 aliphatic carbocycles. The predicted molar refractivity (Wildman–Crippen MR) is 101 cm³/mol.